The fourth-order valence-electron chi connectivity index (χ4n) is 2.97. The zero-order valence-electron chi connectivity index (χ0n) is 14.9. The van der Waals surface area contributed by atoms with E-state index in [1.165, 1.54) is 7.11 Å². The van der Waals surface area contributed by atoms with Crippen LogP contribution in [0.25, 0.3) is 0 Å². The second kappa shape index (κ2) is 8.02. The lowest BCUT2D eigenvalue weighted by atomic mass is 9.99. The van der Waals surface area contributed by atoms with E-state index in [9.17, 15) is 15.0 Å². The molecule has 3 atom stereocenters. The molecule has 2 aliphatic rings. The van der Waals surface area contributed by atoms with Crippen LogP contribution < -0.4 is 0 Å². The van der Waals surface area contributed by atoms with Crippen LogP contribution in [0.3, 0.4) is 0 Å². The van der Waals surface area contributed by atoms with Gasteiger partial charge in [-0.25, -0.2) is 4.79 Å². The number of hydrogen-bond donors (Lipinski definition) is 2. The number of phenols is 2. The zero-order valence-corrected chi connectivity index (χ0v) is 15.6. The largest absolute Gasteiger partial charge is 0.507 e. The van der Waals surface area contributed by atoms with Gasteiger partial charge in [0.1, 0.15) is 36.4 Å². The molecule has 1 saturated heterocycles. The van der Waals surface area contributed by atoms with E-state index in [2.05, 4.69) is 5.16 Å². The highest BCUT2D eigenvalue weighted by Gasteiger charge is 2.38. The van der Waals surface area contributed by atoms with Crippen LogP contribution in [0, 0.1) is 0 Å². The molecule has 3 rings (SSSR count). The molecule has 1 aromatic carbocycles. The van der Waals surface area contributed by atoms with Gasteiger partial charge in [0.2, 0.25) is 0 Å². The van der Waals surface area contributed by atoms with Crippen molar-refractivity contribution in [3.63, 3.8) is 0 Å². The molecular weight excluding hydrogens is 373 g/mol. The predicted octanol–water partition coefficient (Wildman–Crippen LogP) is 3.12. The minimum absolute atomic E-state index is 0.0198. The number of halogens is 1. The third-order valence-corrected chi connectivity index (χ3v) is 4.71. The molecule has 8 heteroatoms. The molecule has 7 nitrogen and oxygen atoms in total. The molecular formula is C19H20ClNO6. The number of hydrogen-bond acceptors (Lipinski definition) is 7. The molecule has 0 bridgehead atoms. The van der Waals surface area contributed by atoms with E-state index in [1.54, 1.807) is 19.1 Å². The highest BCUT2D eigenvalue weighted by molar-refractivity contribution is 6.33. The molecule has 0 radical (unpaired) electrons. The molecule has 0 aromatic heterocycles. The van der Waals surface area contributed by atoms with Crippen LogP contribution in [0.2, 0.25) is 5.02 Å². The van der Waals surface area contributed by atoms with E-state index in [0.29, 0.717) is 12.1 Å². The van der Waals surface area contributed by atoms with E-state index < -0.39 is 17.8 Å². The van der Waals surface area contributed by atoms with Gasteiger partial charge in [0.25, 0.3) is 0 Å². The summed E-state index contributed by atoms with van der Waals surface area (Å²) < 4.78 is 11.0. The number of rotatable bonds is 1. The first kappa shape index (κ1) is 19.3. The van der Waals surface area contributed by atoms with Crippen LogP contribution in [0.1, 0.15) is 29.3 Å². The van der Waals surface area contributed by atoms with E-state index in [0.717, 1.165) is 6.07 Å². The Kier molecular flexibility index (Phi) is 5.72. The second-order valence-electron chi connectivity index (χ2n) is 6.36. The Morgan fingerprint density at radius 2 is 2.07 bits per heavy atom. The molecule has 2 heterocycles. The van der Waals surface area contributed by atoms with Crippen molar-refractivity contribution in [2.45, 2.75) is 38.1 Å². The Bertz CT molecular complexity index is 832. The third kappa shape index (κ3) is 4.43. The quantitative estimate of drug-likeness (QED) is 0.432. The summed E-state index contributed by atoms with van der Waals surface area (Å²) >= 11 is 6.21. The summed E-state index contributed by atoms with van der Waals surface area (Å²) in [6, 6.07) is 1.02. The molecule has 27 heavy (non-hydrogen) atoms. The third-order valence-electron chi connectivity index (χ3n) is 4.29. The molecule has 2 aliphatic heterocycles. The van der Waals surface area contributed by atoms with Crippen LogP contribution in [-0.2, 0) is 20.7 Å². The molecule has 2 N–H and O–H groups in total. The van der Waals surface area contributed by atoms with Crippen molar-refractivity contribution in [2.24, 2.45) is 5.16 Å². The fourth-order valence-corrected chi connectivity index (χ4v) is 3.19. The molecule has 1 aromatic rings. The Morgan fingerprint density at radius 3 is 2.81 bits per heavy atom. The van der Waals surface area contributed by atoms with Crippen molar-refractivity contribution in [1.82, 2.24) is 0 Å². The minimum Gasteiger partial charge on any atom is -0.507 e. The number of epoxide rings is 1. The maximum Gasteiger partial charge on any atom is 0.342 e. The van der Waals surface area contributed by atoms with Crippen molar-refractivity contribution in [1.29, 1.82) is 0 Å². The monoisotopic (exact) mass is 392 g/mol. The lowest BCUT2D eigenvalue weighted by Crippen LogP contribution is -2.19. The summed E-state index contributed by atoms with van der Waals surface area (Å²) in [5.74, 6) is -1.50. The Hall–Kier alpha value is -2.51. The number of esters is 1. The van der Waals surface area contributed by atoms with Crippen molar-refractivity contribution in [3.05, 3.63) is 46.5 Å². The number of ether oxygens (including phenoxy) is 2. The van der Waals surface area contributed by atoms with E-state index in [4.69, 9.17) is 25.9 Å². The first-order valence-corrected chi connectivity index (χ1v) is 8.83. The smallest absolute Gasteiger partial charge is 0.342 e. The number of nitrogens with zero attached hydrogens (tertiary/aromatic N) is 1. The average molecular weight is 393 g/mol. The average Bonchev–Trinajstić information content (AvgIpc) is 3.32. The normalized spacial score (nSPS) is 29.1. The molecule has 0 saturated carbocycles. The summed E-state index contributed by atoms with van der Waals surface area (Å²) in [5.41, 5.74) is 0.526. The number of phenolic OH excluding ortho intramolecular Hbond substituents is 2. The van der Waals surface area contributed by atoms with E-state index in [-0.39, 0.29) is 40.5 Å². The standard InChI is InChI=1S/C19H20ClNO6/c1-10-7-16-15(27-16)6-4-3-5-11(21-25-2)8-12-17(19(24)26-10)13(22)9-14(23)18(12)20/h3-6,9-10,15-16,22-23H,7-8H2,1-2H3/b5-3+,6-4-,21-11+/t10-,15-,16-/m1/s1/i2-1. The van der Waals surface area contributed by atoms with Gasteiger partial charge >= 0.3 is 5.97 Å². The number of carbonyl (C=O) groups is 1. The first-order valence-electron chi connectivity index (χ1n) is 8.45. The van der Waals surface area contributed by atoms with Gasteiger partial charge in [0.15, 0.2) is 0 Å². The molecule has 144 valence electrons. The van der Waals surface area contributed by atoms with E-state index >= 15 is 0 Å². The van der Waals surface area contributed by atoms with Gasteiger partial charge in [0.05, 0.1) is 16.8 Å². The molecule has 0 aliphatic carbocycles. The molecule has 1 fully saturated rings. The van der Waals surface area contributed by atoms with Gasteiger partial charge in [-0.15, -0.1) is 0 Å². The van der Waals surface area contributed by atoms with Gasteiger partial charge in [0, 0.05) is 18.9 Å². The highest BCUT2D eigenvalue weighted by Crippen LogP contribution is 2.38. The maximum absolute atomic E-state index is 12.7. The maximum atomic E-state index is 12.7. The van der Waals surface area contributed by atoms with Crippen LogP contribution in [0.15, 0.2) is 35.5 Å². The number of oxime groups is 1. The van der Waals surface area contributed by atoms with Gasteiger partial charge in [-0.1, -0.05) is 35.0 Å². The fraction of sp³-hybridized carbons (Fsp3) is 0.368. The summed E-state index contributed by atoms with van der Waals surface area (Å²) in [7, 11) is 1.39. The number of allylic oxidation sites excluding steroid dienone is 3. The lowest BCUT2D eigenvalue weighted by Gasteiger charge is -2.17. The first-order chi connectivity index (χ1) is 12.9. The topological polar surface area (TPSA) is 101 Å². The Balaban J connectivity index is 2.06. The molecule has 0 unspecified atom stereocenters. The number of aromatic hydroxyl groups is 2. The number of carbonyl (C=O) groups excluding carboxylic acids is 1. The number of benzene rings is 1. The van der Waals surface area contributed by atoms with Gasteiger partial charge in [-0.05, 0) is 18.6 Å². The van der Waals surface area contributed by atoms with Gasteiger partial charge in [-0.3, -0.25) is 0 Å². The van der Waals surface area contributed by atoms with Crippen molar-refractivity contribution < 1.29 is 29.3 Å². The van der Waals surface area contributed by atoms with Crippen LogP contribution in [-0.4, -0.2) is 47.3 Å². The second-order valence-corrected chi connectivity index (χ2v) is 6.74. The van der Waals surface area contributed by atoms with Crippen LogP contribution >= 0.6 is 11.6 Å². The minimum atomic E-state index is -0.734. The van der Waals surface area contributed by atoms with Crippen LogP contribution in [0.4, 0.5) is 0 Å². The highest BCUT2D eigenvalue weighted by atomic mass is 35.5. The van der Waals surface area contributed by atoms with Gasteiger partial charge in [-0.2, -0.15) is 0 Å². The Labute approximate surface area is 161 Å². The number of cyclic esters (lactones) is 1. The number of fused-ring (bicyclic) bond motifs is 2. The predicted molar refractivity (Wildman–Crippen MR) is 99.4 cm³/mol. The Morgan fingerprint density at radius 1 is 1.30 bits per heavy atom. The lowest BCUT2D eigenvalue weighted by molar-refractivity contribution is 0.0306. The van der Waals surface area contributed by atoms with E-state index in [1.807, 2.05) is 12.2 Å². The molecule has 0 spiro atoms. The summed E-state index contributed by atoms with van der Waals surface area (Å²) in [4.78, 5) is 17.5. The summed E-state index contributed by atoms with van der Waals surface area (Å²) in [6.45, 7) is 1.75. The zero-order chi connectivity index (χ0) is 19.6. The summed E-state index contributed by atoms with van der Waals surface area (Å²) in [6.07, 6.45) is 7.29. The van der Waals surface area contributed by atoms with Crippen molar-refractivity contribution in [3.8, 4) is 11.5 Å². The van der Waals surface area contributed by atoms with Crippen molar-refractivity contribution in [2.75, 3.05) is 7.11 Å². The summed E-state index contributed by atoms with van der Waals surface area (Å²) in [5, 5.41) is 24.1. The SMILES string of the molecule is C[C@@H]1C[C@H]2O[C@@H]2\C=C/C=C/C(=N\O[11CH3])Cc2c(Cl)c(O)cc(O)c2C(=O)O1. The van der Waals surface area contributed by atoms with Gasteiger partial charge < -0.3 is 24.5 Å². The van der Waals surface area contributed by atoms with Crippen LogP contribution in [0.5, 0.6) is 11.5 Å². The molecule has 0 amide bonds. The van der Waals surface area contributed by atoms with Crippen molar-refractivity contribution >= 4 is 23.3 Å².